The molecular formula is C24H47NO3S. The Bertz CT molecular complexity index is 390. The van der Waals surface area contributed by atoms with Gasteiger partial charge in [-0.2, -0.15) is 11.8 Å². The molecule has 0 aromatic carbocycles. The highest BCUT2D eigenvalue weighted by atomic mass is 32.2. The Morgan fingerprint density at radius 1 is 0.759 bits per heavy atom. The Morgan fingerprint density at radius 2 is 1.21 bits per heavy atom. The van der Waals surface area contributed by atoms with Crippen LogP contribution in [0.4, 0.5) is 0 Å². The van der Waals surface area contributed by atoms with Crippen molar-refractivity contribution in [3.05, 3.63) is 0 Å². The third-order valence-electron chi connectivity index (χ3n) is 5.40. The second-order valence-electron chi connectivity index (χ2n) is 8.14. The van der Waals surface area contributed by atoms with Crippen LogP contribution in [0.25, 0.3) is 0 Å². The summed E-state index contributed by atoms with van der Waals surface area (Å²) in [6, 6.07) is -0.738. The topological polar surface area (TPSA) is 66.4 Å². The van der Waals surface area contributed by atoms with E-state index < -0.39 is 12.0 Å². The van der Waals surface area contributed by atoms with Gasteiger partial charge in [0.25, 0.3) is 0 Å². The normalized spacial score (nSPS) is 12.1. The van der Waals surface area contributed by atoms with Gasteiger partial charge < -0.3 is 10.4 Å². The van der Waals surface area contributed by atoms with Gasteiger partial charge in [-0.15, -0.1) is 0 Å². The Balaban J connectivity index is 3.42. The molecule has 29 heavy (non-hydrogen) atoms. The SMILES string of the molecule is CCCCCCCCCCCCCCCCCC(=O)NC(CCSCC)C(=O)O. The fourth-order valence-corrected chi connectivity index (χ4v) is 4.22. The molecule has 2 N–H and O–H groups in total. The van der Waals surface area contributed by atoms with Crippen LogP contribution >= 0.6 is 11.8 Å². The van der Waals surface area contributed by atoms with Crippen molar-refractivity contribution in [2.45, 2.75) is 129 Å². The fourth-order valence-electron chi connectivity index (χ4n) is 3.53. The number of hydrogen-bond acceptors (Lipinski definition) is 3. The summed E-state index contributed by atoms with van der Waals surface area (Å²) in [6.45, 7) is 4.32. The van der Waals surface area contributed by atoms with Gasteiger partial charge in [-0.25, -0.2) is 4.79 Å². The van der Waals surface area contributed by atoms with Crippen LogP contribution in [0.1, 0.15) is 123 Å². The summed E-state index contributed by atoms with van der Waals surface area (Å²) in [5, 5.41) is 11.9. The lowest BCUT2D eigenvalue weighted by Crippen LogP contribution is -2.41. The van der Waals surface area contributed by atoms with Crippen molar-refractivity contribution in [2.75, 3.05) is 11.5 Å². The molecule has 1 amide bonds. The highest BCUT2D eigenvalue weighted by Crippen LogP contribution is 2.14. The van der Waals surface area contributed by atoms with Gasteiger partial charge in [0.05, 0.1) is 0 Å². The van der Waals surface area contributed by atoms with E-state index in [0.29, 0.717) is 12.8 Å². The molecule has 1 atom stereocenters. The molecule has 0 radical (unpaired) electrons. The second-order valence-corrected chi connectivity index (χ2v) is 9.54. The molecule has 0 fully saturated rings. The predicted molar refractivity (Wildman–Crippen MR) is 127 cm³/mol. The fraction of sp³-hybridized carbons (Fsp3) is 0.917. The van der Waals surface area contributed by atoms with Crippen LogP contribution < -0.4 is 5.32 Å². The Hall–Kier alpha value is -0.710. The molecular weight excluding hydrogens is 382 g/mol. The molecule has 172 valence electrons. The summed E-state index contributed by atoms with van der Waals surface area (Å²) in [4.78, 5) is 23.2. The van der Waals surface area contributed by atoms with E-state index in [0.717, 1.165) is 24.3 Å². The van der Waals surface area contributed by atoms with Gasteiger partial charge in [-0.3, -0.25) is 4.79 Å². The van der Waals surface area contributed by atoms with E-state index >= 15 is 0 Å². The van der Waals surface area contributed by atoms with Gasteiger partial charge >= 0.3 is 5.97 Å². The molecule has 0 rings (SSSR count). The molecule has 0 spiro atoms. The van der Waals surface area contributed by atoms with Crippen LogP contribution in [0.5, 0.6) is 0 Å². The molecule has 5 heteroatoms. The van der Waals surface area contributed by atoms with Crippen LogP contribution in [-0.2, 0) is 9.59 Å². The number of carboxylic acids is 1. The zero-order chi connectivity index (χ0) is 21.6. The first-order valence-electron chi connectivity index (χ1n) is 12.2. The van der Waals surface area contributed by atoms with Crippen molar-refractivity contribution in [2.24, 2.45) is 0 Å². The average molecular weight is 430 g/mol. The van der Waals surface area contributed by atoms with Gasteiger partial charge in [-0.1, -0.05) is 104 Å². The summed E-state index contributed by atoms with van der Waals surface area (Å²) >= 11 is 1.71. The van der Waals surface area contributed by atoms with Crippen molar-refractivity contribution in [3.63, 3.8) is 0 Å². The quantitative estimate of drug-likeness (QED) is 0.183. The molecule has 0 aromatic rings. The maximum Gasteiger partial charge on any atom is 0.326 e. The number of rotatable bonds is 22. The molecule has 0 aliphatic rings. The number of carbonyl (C=O) groups excluding carboxylic acids is 1. The molecule has 0 saturated heterocycles. The lowest BCUT2D eigenvalue weighted by atomic mass is 10.0. The van der Waals surface area contributed by atoms with Crippen molar-refractivity contribution < 1.29 is 14.7 Å². The zero-order valence-corrected chi connectivity index (χ0v) is 20.0. The Kier molecular flexibility index (Phi) is 21.4. The van der Waals surface area contributed by atoms with Gasteiger partial charge in [0.1, 0.15) is 6.04 Å². The zero-order valence-electron chi connectivity index (χ0n) is 19.2. The molecule has 0 aromatic heterocycles. The van der Waals surface area contributed by atoms with Crippen molar-refractivity contribution >= 4 is 23.6 Å². The first-order chi connectivity index (χ1) is 14.1. The maximum atomic E-state index is 11.9. The third kappa shape index (κ3) is 20.3. The van der Waals surface area contributed by atoms with Gasteiger partial charge in [0, 0.05) is 6.42 Å². The van der Waals surface area contributed by atoms with Crippen molar-refractivity contribution in [1.82, 2.24) is 5.32 Å². The summed E-state index contributed by atoms with van der Waals surface area (Å²) in [5.41, 5.74) is 0. The first-order valence-corrected chi connectivity index (χ1v) is 13.4. The lowest BCUT2D eigenvalue weighted by Gasteiger charge is -2.14. The van der Waals surface area contributed by atoms with E-state index in [1.807, 2.05) is 0 Å². The second kappa shape index (κ2) is 22.0. The monoisotopic (exact) mass is 429 g/mol. The molecule has 0 aliphatic heterocycles. The van der Waals surface area contributed by atoms with Gasteiger partial charge in [0.15, 0.2) is 0 Å². The van der Waals surface area contributed by atoms with Gasteiger partial charge in [0.2, 0.25) is 5.91 Å². The minimum atomic E-state index is -0.924. The summed E-state index contributed by atoms with van der Waals surface area (Å²) in [6.07, 6.45) is 20.5. The Morgan fingerprint density at radius 3 is 1.62 bits per heavy atom. The van der Waals surface area contributed by atoms with Crippen LogP contribution in [-0.4, -0.2) is 34.5 Å². The van der Waals surface area contributed by atoms with Crippen LogP contribution in [0, 0.1) is 0 Å². The van der Waals surface area contributed by atoms with E-state index in [1.165, 1.54) is 83.5 Å². The van der Waals surface area contributed by atoms with Crippen LogP contribution in [0.2, 0.25) is 0 Å². The predicted octanol–water partition coefficient (Wildman–Crippen LogP) is 6.96. The van der Waals surface area contributed by atoms with E-state index in [9.17, 15) is 14.7 Å². The standard InChI is InChI=1S/C24H47NO3S/c1-3-5-6-7-8-9-10-11-12-13-14-15-16-17-18-19-23(26)25-22(24(27)28)20-21-29-4-2/h22H,3-21H2,1-2H3,(H,25,26)(H,27,28). The number of aliphatic carboxylic acids is 1. The molecule has 0 bridgehead atoms. The summed E-state index contributed by atoms with van der Waals surface area (Å²) in [5.74, 6) is 0.701. The number of hydrogen-bond donors (Lipinski definition) is 2. The Labute approximate surface area is 184 Å². The van der Waals surface area contributed by atoms with E-state index in [1.54, 1.807) is 11.8 Å². The van der Waals surface area contributed by atoms with Crippen LogP contribution in [0.3, 0.4) is 0 Å². The van der Waals surface area contributed by atoms with Crippen molar-refractivity contribution in [1.29, 1.82) is 0 Å². The van der Waals surface area contributed by atoms with E-state index in [2.05, 4.69) is 19.2 Å². The molecule has 0 saturated carbocycles. The van der Waals surface area contributed by atoms with Crippen LogP contribution in [0.15, 0.2) is 0 Å². The number of thioether (sulfide) groups is 1. The van der Waals surface area contributed by atoms with Gasteiger partial charge in [-0.05, 0) is 24.3 Å². The smallest absolute Gasteiger partial charge is 0.326 e. The highest BCUT2D eigenvalue weighted by molar-refractivity contribution is 7.99. The molecule has 0 aliphatic carbocycles. The minimum absolute atomic E-state index is 0.117. The van der Waals surface area contributed by atoms with E-state index in [4.69, 9.17) is 0 Å². The number of nitrogens with one attached hydrogen (secondary N) is 1. The lowest BCUT2D eigenvalue weighted by molar-refractivity contribution is -0.141. The maximum absolute atomic E-state index is 11.9. The summed E-state index contributed by atoms with van der Waals surface area (Å²) < 4.78 is 0. The first kappa shape index (κ1) is 28.3. The average Bonchev–Trinajstić information content (AvgIpc) is 2.70. The molecule has 4 nitrogen and oxygen atoms in total. The highest BCUT2D eigenvalue weighted by Gasteiger charge is 2.18. The largest absolute Gasteiger partial charge is 0.480 e. The van der Waals surface area contributed by atoms with Crippen molar-refractivity contribution in [3.8, 4) is 0 Å². The molecule has 1 unspecified atom stereocenters. The number of amides is 1. The molecule has 0 heterocycles. The summed E-state index contributed by atoms with van der Waals surface area (Å²) in [7, 11) is 0. The minimum Gasteiger partial charge on any atom is -0.480 e. The third-order valence-corrected chi connectivity index (χ3v) is 6.33. The number of unbranched alkanes of at least 4 members (excludes halogenated alkanes) is 14. The number of carbonyl (C=O) groups is 2. The number of carboxylic acid groups (broad SMARTS) is 1. The van der Waals surface area contributed by atoms with E-state index in [-0.39, 0.29) is 5.91 Å².